The normalized spacial score (nSPS) is 17.8. The van der Waals surface area contributed by atoms with E-state index in [9.17, 15) is 14.7 Å². The number of carbonyl (C=O) groups excluding carboxylic acids is 1. The minimum absolute atomic E-state index is 0.290. The number of hydrogen-bond acceptors (Lipinski definition) is 3. The molecule has 6 heteroatoms. The minimum atomic E-state index is -1.19. The summed E-state index contributed by atoms with van der Waals surface area (Å²) in [4.78, 5) is 25.8. The average molecular weight is 300 g/mol. The fourth-order valence-corrected chi connectivity index (χ4v) is 2.52. The Morgan fingerprint density at radius 1 is 1.14 bits per heavy atom. The van der Waals surface area contributed by atoms with Crippen LogP contribution in [0.1, 0.15) is 40.5 Å². The van der Waals surface area contributed by atoms with Gasteiger partial charge >= 0.3 is 12.0 Å². The zero-order chi connectivity index (χ0) is 16.0. The van der Waals surface area contributed by atoms with Gasteiger partial charge in [0.2, 0.25) is 0 Å². The molecule has 122 valence electrons. The molecule has 6 nitrogen and oxygen atoms in total. The molecule has 1 rings (SSSR count). The van der Waals surface area contributed by atoms with Crippen LogP contribution >= 0.6 is 0 Å². The molecule has 0 atom stereocenters. The molecular formula is C15H28N2O4. The van der Waals surface area contributed by atoms with E-state index in [4.69, 9.17) is 4.74 Å². The summed E-state index contributed by atoms with van der Waals surface area (Å²) in [6, 6.07) is -0.290. The summed E-state index contributed by atoms with van der Waals surface area (Å²) in [5.41, 5.74) is -1.19. The summed E-state index contributed by atoms with van der Waals surface area (Å²) in [6.45, 7) is 10.1. The van der Waals surface area contributed by atoms with Gasteiger partial charge in [-0.3, -0.25) is 0 Å². The van der Waals surface area contributed by atoms with Crippen LogP contribution in [-0.4, -0.2) is 53.8 Å². The minimum Gasteiger partial charge on any atom is -0.480 e. The highest BCUT2D eigenvalue weighted by Crippen LogP contribution is 2.21. The summed E-state index contributed by atoms with van der Waals surface area (Å²) in [6.07, 6.45) is 0.622. The van der Waals surface area contributed by atoms with E-state index >= 15 is 0 Å². The molecule has 0 bridgehead atoms. The number of ether oxygens (including phenoxy) is 1. The van der Waals surface area contributed by atoms with Crippen molar-refractivity contribution < 1.29 is 19.4 Å². The number of hydrogen-bond donors (Lipinski definition) is 2. The van der Waals surface area contributed by atoms with Gasteiger partial charge in [0, 0.05) is 39.1 Å². The number of amides is 2. The third-order valence-electron chi connectivity index (χ3n) is 3.56. The third kappa shape index (κ3) is 5.19. The molecule has 1 fully saturated rings. The van der Waals surface area contributed by atoms with Crippen molar-refractivity contribution in [1.82, 2.24) is 10.2 Å². The van der Waals surface area contributed by atoms with Gasteiger partial charge in [-0.25, -0.2) is 9.59 Å². The number of carboxylic acids is 1. The molecule has 0 radical (unpaired) electrons. The lowest BCUT2D eigenvalue weighted by molar-refractivity contribution is -0.148. The Balaban J connectivity index is 2.79. The molecular weight excluding hydrogens is 272 g/mol. The monoisotopic (exact) mass is 300 g/mol. The fourth-order valence-electron chi connectivity index (χ4n) is 2.52. The molecule has 1 aliphatic heterocycles. The van der Waals surface area contributed by atoms with Crippen LogP contribution in [0.2, 0.25) is 0 Å². The van der Waals surface area contributed by atoms with Crippen molar-refractivity contribution in [2.24, 2.45) is 11.8 Å². The van der Waals surface area contributed by atoms with Gasteiger partial charge in [0.1, 0.15) is 5.54 Å². The fraction of sp³-hybridized carbons (Fsp3) is 0.867. The van der Waals surface area contributed by atoms with Gasteiger partial charge in [0.15, 0.2) is 0 Å². The second-order valence-corrected chi connectivity index (χ2v) is 6.62. The van der Waals surface area contributed by atoms with Crippen LogP contribution in [0, 0.1) is 11.8 Å². The molecule has 0 aliphatic carbocycles. The highest BCUT2D eigenvalue weighted by atomic mass is 16.5. The highest BCUT2D eigenvalue weighted by Gasteiger charge is 2.42. The van der Waals surface area contributed by atoms with Gasteiger partial charge < -0.3 is 20.1 Å². The molecule has 0 spiro atoms. The Morgan fingerprint density at radius 2 is 1.62 bits per heavy atom. The Kier molecular flexibility index (Phi) is 6.45. The van der Waals surface area contributed by atoms with E-state index in [2.05, 4.69) is 5.32 Å². The van der Waals surface area contributed by atoms with Crippen LogP contribution in [0.4, 0.5) is 4.79 Å². The topological polar surface area (TPSA) is 78.9 Å². The first kappa shape index (κ1) is 17.8. The van der Waals surface area contributed by atoms with E-state index in [1.807, 2.05) is 27.7 Å². The Bertz CT molecular complexity index is 353. The van der Waals surface area contributed by atoms with Crippen LogP contribution in [0.3, 0.4) is 0 Å². The van der Waals surface area contributed by atoms with Gasteiger partial charge in [-0.15, -0.1) is 0 Å². The van der Waals surface area contributed by atoms with E-state index in [0.717, 1.165) is 0 Å². The third-order valence-corrected chi connectivity index (χ3v) is 3.56. The van der Waals surface area contributed by atoms with Gasteiger partial charge in [0.05, 0.1) is 0 Å². The molecule has 1 saturated heterocycles. The molecule has 0 aromatic rings. The highest BCUT2D eigenvalue weighted by molar-refractivity contribution is 5.86. The largest absolute Gasteiger partial charge is 0.480 e. The van der Waals surface area contributed by atoms with Gasteiger partial charge in [0.25, 0.3) is 0 Å². The number of nitrogens with zero attached hydrogens (tertiary/aromatic N) is 1. The molecule has 1 aliphatic rings. The molecule has 2 amide bonds. The van der Waals surface area contributed by atoms with Crippen molar-refractivity contribution in [3.63, 3.8) is 0 Å². The van der Waals surface area contributed by atoms with Crippen molar-refractivity contribution in [3.05, 3.63) is 0 Å². The van der Waals surface area contributed by atoms with E-state index in [1.165, 1.54) is 0 Å². The zero-order valence-electron chi connectivity index (χ0n) is 13.5. The van der Waals surface area contributed by atoms with Gasteiger partial charge in [-0.1, -0.05) is 27.7 Å². The quantitative estimate of drug-likeness (QED) is 0.786. The summed E-state index contributed by atoms with van der Waals surface area (Å²) < 4.78 is 5.22. The maximum absolute atomic E-state index is 12.5. The van der Waals surface area contributed by atoms with Gasteiger partial charge in [-0.2, -0.15) is 0 Å². The van der Waals surface area contributed by atoms with Crippen molar-refractivity contribution in [2.45, 2.75) is 46.1 Å². The first-order valence-electron chi connectivity index (χ1n) is 7.65. The van der Waals surface area contributed by atoms with Crippen LogP contribution < -0.4 is 5.32 Å². The summed E-state index contributed by atoms with van der Waals surface area (Å²) in [7, 11) is 0. The first-order valence-corrected chi connectivity index (χ1v) is 7.65. The second-order valence-electron chi connectivity index (χ2n) is 6.62. The summed E-state index contributed by atoms with van der Waals surface area (Å²) in [5, 5.41) is 12.2. The lowest BCUT2D eigenvalue weighted by Gasteiger charge is -2.36. The van der Waals surface area contributed by atoms with Crippen LogP contribution in [0.25, 0.3) is 0 Å². The molecule has 1 heterocycles. The Morgan fingerprint density at radius 3 is 2.00 bits per heavy atom. The van der Waals surface area contributed by atoms with Crippen molar-refractivity contribution in [2.75, 3.05) is 26.3 Å². The molecule has 0 saturated carbocycles. The molecule has 0 aromatic carbocycles. The molecule has 0 unspecified atom stereocenters. The predicted octanol–water partition coefficient (Wildman–Crippen LogP) is 1.94. The molecule has 21 heavy (non-hydrogen) atoms. The van der Waals surface area contributed by atoms with Crippen molar-refractivity contribution >= 4 is 12.0 Å². The first-order chi connectivity index (χ1) is 9.77. The SMILES string of the molecule is CC(C)CN(CC(C)C)C(=O)NC1(C(=O)O)CCOCC1. The Labute approximate surface area is 126 Å². The van der Waals surface area contributed by atoms with Crippen LogP contribution in [0.15, 0.2) is 0 Å². The zero-order valence-corrected chi connectivity index (χ0v) is 13.5. The summed E-state index contributed by atoms with van der Waals surface area (Å²) >= 11 is 0. The number of aliphatic carboxylic acids is 1. The lowest BCUT2D eigenvalue weighted by Crippen LogP contribution is -2.60. The van der Waals surface area contributed by atoms with E-state index in [0.29, 0.717) is 51.0 Å². The van der Waals surface area contributed by atoms with Crippen LogP contribution in [0.5, 0.6) is 0 Å². The van der Waals surface area contributed by atoms with Crippen molar-refractivity contribution in [1.29, 1.82) is 0 Å². The van der Waals surface area contributed by atoms with E-state index in [1.54, 1.807) is 4.90 Å². The molecule has 0 aromatic heterocycles. The maximum Gasteiger partial charge on any atom is 0.329 e. The van der Waals surface area contributed by atoms with E-state index < -0.39 is 11.5 Å². The Hall–Kier alpha value is -1.30. The van der Waals surface area contributed by atoms with Gasteiger partial charge in [-0.05, 0) is 11.8 Å². The second kappa shape index (κ2) is 7.64. The van der Waals surface area contributed by atoms with Crippen LogP contribution in [-0.2, 0) is 9.53 Å². The van der Waals surface area contributed by atoms with Crippen molar-refractivity contribution in [3.8, 4) is 0 Å². The predicted molar refractivity (Wildman–Crippen MR) is 80.2 cm³/mol. The standard InChI is InChI=1S/C15H28N2O4/c1-11(2)9-17(10-12(3)4)14(20)16-15(13(18)19)5-7-21-8-6-15/h11-12H,5-10H2,1-4H3,(H,16,20)(H,18,19). The van der Waals surface area contributed by atoms with E-state index in [-0.39, 0.29) is 6.03 Å². The number of nitrogens with one attached hydrogen (secondary N) is 1. The number of carbonyl (C=O) groups is 2. The smallest absolute Gasteiger partial charge is 0.329 e. The number of urea groups is 1. The lowest BCUT2D eigenvalue weighted by atomic mass is 9.90. The maximum atomic E-state index is 12.5. The summed E-state index contributed by atoms with van der Waals surface area (Å²) in [5.74, 6) is -0.303. The number of rotatable bonds is 6. The average Bonchev–Trinajstić information content (AvgIpc) is 2.37. The number of carboxylic acid groups (broad SMARTS) is 1. The molecule has 2 N–H and O–H groups in total.